The molecule has 1 aliphatic carbocycles. The van der Waals surface area contributed by atoms with Crippen molar-refractivity contribution >= 4 is 20.1 Å². The van der Waals surface area contributed by atoms with E-state index in [4.69, 9.17) is 9.47 Å². The van der Waals surface area contributed by atoms with E-state index in [0.717, 1.165) is 32.1 Å². The smallest absolute Gasteiger partial charge is 0.425 e. The maximum atomic E-state index is 11.7. The average molecular weight is 392 g/mol. The zero-order valence-electron chi connectivity index (χ0n) is 15.6. The zero-order chi connectivity index (χ0) is 19.5. The quantitative estimate of drug-likeness (QED) is 0.297. The Hall–Kier alpha value is -1.24. The van der Waals surface area contributed by atoms with Crippen LogP contribution in [0.2, 0.25) is 0 Å². The molecule has 0 aromatic heterocycles. The van der Waals surface area contributed by atoms with Crippen molar-refractivity contribution in [3.05, 3.63) is 0 Å². The minimum absolute atomic E-state index is 0.0392. The van der Waals surface area contributed by atoms with Crippen LogP contribution in [0.1, 0.15) is 65.2 Å². The molecule has 150 valence electrons. The van der Waals surface area contributed by atoms with Gasteiger partial charge in [-0.1, -0.05) is 26.2 Å². The summed E-state index contributed by atoms with van der Waals surface area (Å²) in [5.74, 6) is -0.400. The van der Waals surface area contributed by atoms with Gasteiger partial charge in [-0.05, 0) is 30.2 Å². The minimum atomic E-state index is -2.49. The fourth-order valence-electron chi connectivity index (χ4n) is 3.27. The Kier molecular flexibility index (Phi) is 10.7. The molecule has 1 saturated carbocycles. The number of hydrogen-bond acceptors (Lipinski definition) is 6. The number of amides is 1. The van der Waals surface area contributed by atoms with Crippen molar-refractivity contribution < 1.29 is 33.6 Å². The second-order valence-corrected chi connectivity index (χ2v) is 7.89. The maximum Gasteiger partial charge on any atom is 0.511 e. The van der Waals surface area contributed by atoms with Crippen molar-refractivity contribution in [2.24, 2.45) is 5.92 Å². The van der Waals surface area contributed by atoms with Gasteiger partial charge in [0, 0.05) is 25.8 Å². The average Bonchev–Trinajstić information content (AvgIpc) is 2.55. The van der Waals surface area contributed by atoms with Gasteiger partial charge in [0.25, 0.3) is 0 Å². The van der Waals surface area contributed by atoms with Gasteiger partial charge in [-0.3, -0.25) is 4.79 Å². The summed E-state index contributed by atoms with van der Waals surface area (Å²) in [4.78, 5) is 32.6. The Morgan fingerprint density at radius 1 is 1.23 bits per heavy atom. The van der Waals surface area contributed by atoms with E-state index >= 15 is 0 Å². The predicted octanol–water partition coefficient (Wildman–Crippen LogP) is 2.84. The van der Waals surface area contributed by atoms with E-state index < -0.39 is 38.1 Å². The Morgan fingerprint density at radius 3 is 2.46 bits per heavy atom. The van der Waals surface area contributed by atoms with Crippen molar-refractivity contribution in [1.82, 2.24) is 5.32 Å². The molecular weight excluding hydrogens is 361 g/mol. The first-order valence-electron chi connectivity index (χ1n) is 9.32. The van der Waals surface area contributed by atoms with Crippen molar-refractivity contribution in [3.63, 3.8) is 0 Å². The molecule has 1 aliphatic rings. The summed E-state index contributed by atoms with van der Waals surface area (Å²) in [5, 5.41) is 12.8. The monoisotopic (exact) mass is 392 g/mol. The van der Waals surface area contributed by atoms with Gasteiger partial charge in [-0.2, -0.15) is 4.89 Å². The molecule has 0 aromatic rings. The number of nitrogens with one attached hydrogen (secondary N) is 1. The molecule has 1 unspecified atom stereocenters. The molecule has 1 amide bonds. The lowest BCUT2D eigenvalue weighted by molar-refractivity contribution is -0.164. The zero-order valence-corrected chi connectivity index (χ0v) is 16.5. The number of alkyl carbamates (subject to hydrolysis) is 1. The lowest BCUT2D eigenvalue weighted by Gasteiger charge is -2.25. The fourth-order valence-corrected chi connectivity index (χ4v) is 4.38. The van der Waals surface area contributed by atoms with Crippen LogP contribution < -0.4 is 5.32 Å². The van der Waals surface area contributed by atoms with E-state index in [1.807, 2.05) is 6.92 Å². The first-order valence-corrected chi connectivity index (χ1v) is 10.6. The molecule has 1 fully saturated rings. The molecule has 9 heteroatoms. The standard InChI is InChI=1S/C17H30NO7P/c1-3-7-15(20)24-12(2)25-17(21)18-11-10-14(19)16(26(22)23)13-8-5-4-6-9-13/h12-14,16,19H,3-11H2,1-2H3,(H-,18,21,22,23)/p+1/t12-,14-,16-/m1/s1. The SMILES string of the molecule is CCCC(=O)O[C@@H](C)OC(=O)NCC[C@@H](O)[C@@H](C1CCCCC1)[P+](=O)O. The molecule has 0 bridgehead atoms. The van der Waals surface area contributed by atoms with Crippen LogP contribution in [-0.4, -0.2) is 46.7 Å². The first kappa shape index (κ1) is 22.8. The van der Waals surface area contributed by atoms with Crippen LogP contribution >= 0.6 is 8.03 Å². The summed E-state index contributed by atoms with van der Waals surface area (Å²) in [5.41, 5.74) is -0.669. The number of rotatable bonds is 10. The maximum absolute atomic E-state index is 11.7. The molecule has 26 heavy (non-hydrogen) atoms. The van der Waals surface area contributed by atoms with Crippen molar-refractivity contribution in [1.29, 1.82) is 0 Å². The second-order valence-electron chi connectivity index (χ2n) is 6.69. The van der Waals surface area contributed by atoms with E-state index in [0.29, 0.717) is 6.42 Å². The number of esters is 1. The van der Waals surface area contributed by atoms with Crippen LogP contribution in [0.25, 0.3) is 0 Å². The van der Waals surface area contributed by atoms with E-state index in [-0.39, 0.29) is 25.3 Å². The summed E-state index contributed by atoms with van der Waals surface area (Å²) >= 11 is 0. The summed E-state index contributed by atoms with van der Waals surface area (Å²) in [6.45, 7) is 3.38. The molecule has 4 atom stereocenters. The summed E-state index contributed by atoms with van der Waals surface area (Å²) in [7, 11) is -2.49. The number of ether oxygens (including phenoxy) is 2. The van der Waals surface area contributed by atoms with E-state index in [9.17, 15) is 24.2 Å². The van der Waals surface area contributed by atoms with Gasteiger partial charge < -0.3 is 19.9 Å². The third-order valence-corrected chi connectivity index (χ3v) is 5.79. The molecule has 0 radical (unpaired) electrons. The third-order valence-electron chi connectivity index (χ3n) is 4.52. The largest absolute Gasteiger partial charge is 0.511 e. The summed E-state index contributed by atoms with van der Waals surface area (Å²) in [6, 6.07) is 0. The van der Waals surface area contributed by atoms with Gasteiger partial charge in [0.1, 0.15) is 6.10 Å². The highest BCUT2D eigenvalue weighted by molar-refractivity contribution is 7.39. The van der Waals surface area contributed by atoms with Crippen molar-refractivity contribution in [2.45, 2.75) is 83.3 Å². The van der Waals surface area contributed by atoms with E-state index in [1.54, 1.807) is 0 Å². The lowest BCUT2D eigenvalue weighted by Crippen LogP contribution is -2.36. The van der Waals surface area contributed by atoms with E-state index in [1.165, 1.54) is 6.92 Å². The third kappa shape index (κ3) is 8.43. The van der Waals surface area contributed by atoms with Gasteiger partial charge in [0.2, 0.25) is 11.9 Å². The normalized spacial score (nSPS) is 19.2. The first-order chi connectivity index (χ1) is 12.3. The topological polar surface area (TPSA) is 122 Å². The molecule has 0 heterocycles. The molecule has 1 rings (SSSR count). The van der Waals surface area contributed by atoms with Crippen LogP contribution in [0.15, 0.2) is 0 Å². The highest BCUT2D eigenvalue weighted by Crippen LogP contribution is 2.40. The van der Waals surface area contributed by atoms with Crippen molar-refractivity contribution in [2.75, 3.05) is 6.54 Å². The molecule has 0 saturated heterocycles. The molecule has 0 spiro atoms. The number of carbonyl (C=O) groups excluding carboxylic acids is 2. The van der Waals surface area contributed by atoms with Crippen LogP contribution in [0.5, 0.6) is 0 Å². The van der Waals surface area contributed by atoms with Crippen LogP contribution in [0, 0.1) is 5.92 Å². The fraction of sp³-hybridized carbons (Fsp3) is 0.882. The van der Waals surface area contributed by atoms with Crippen LogP contribution in [-0.2, 0) is 18.8 Å². The van der Waals surface area contributed by atoms with Crippen LogP contribution in [0.4, 0.5) is 4.79 Å². The van der Waals surface area contributed by atoms with Gasteiger partial charge >= 0.3 is 20.1 Å². The molecule has 8 nitrogen and oxygen atoms in total. The van der Waals surface area contributed by atoms with Gasteiger partial charge in [-0.25, -0.2) is 4.79 Å². The van der Waals surface area contributed by atoms with Gasteiger partial charge in [0.05, 0.1) is 0 Å². The van der Waals surface area contributed by atoms with E-state index in [2.05, 4.69) is 5.32 Å². The minimum Gasteiger partial charge on any atom is -0.425 e. The van der Waals surface area contributed by atoms with Gasteiger partial charge in [-0.15, -0.1) is 0 Å². The lowest BCUT2D eigenvalue weighted by atomic mass is 9.84. The Balaban J connectivity index is 2.34. The summed E-state index contributed by atoms with van der Waals surface area (Å²) in [6.07, 6.45) is 3.15. The molecule has 3 N–H and O–H groups in total. The second kappa shape index (κ2) is 12.2. The molecular formula is C17H31NO7P+. The van der Waals surface area contributed by atoms with Crippen molar-refractivity contribution in [3.8, 4) is 0 Å². The predicted molar refractivity (Wildman–Crippen MR) is 95.8 cm³/mol. The highest BCUT2D eigenvalue weighted by atomic mass is 31.1. The highest BCUT2D eigenvalue weighted by Gasteiger charge is 2.43. The molecule has 0 aliphatic heterocycles. The Bertz CT molecular complexity index is 468. The van der Waals surface area contributed by atoms with Crippen LogP contribution in [0.3, 0.4) is 0 Å². The summed E-state index contributed by atoms with van der Waals surface area (Å²) < 4.78 is 21.5. The molecule has 0 aromatic carbocycles. The number of hydrogen-bond donors (Lipinski definition) is 3. The number of carbonyl (C=O) groups is 2. The van der Waals surface area contributed by atoms with Gasteiger partial charge in [0.15, 0.2) is 0 Å². The number of aliphatic hydroxyl groups excluding tert-OH is 1. The number of aliphatic hydroxyl groups is 1. The Labute approximate surface area is 155 Å². The Morgan fingerprint density at radius 2 is 1.88 bits per heavy atom.